The zero-order chi connectivity index (χ0) is 15.5. The van der Waals surface area contributed by atoms with Crippen molar-refractivity contribution in [2.24, 2.45) is 11.7 Å². The second kappa shape index (κ2) is 9.01. The van der Waals surface area contributed by atoms with E-state index >= 15 is 0 Å². The highest BCUT2D eigenvalue weighted by Crippen LogP contribution is 2.25. The highest BCUT2D eigenvalue weighted by atomic mass is 35.5. The molecule has 2 atom stereocenters. The number of carbonyl (C=O) groups excluding carboxylic acids is 1. The molecule has 3 heterocycles. The summed E-state index contributed by atoms with van der Waals surface area (Å²) in [5, 5.41) is 3.93. The number of carbonyl (C=O) groups is 1. The van der Waals surface area contributed by atoms with Crippen molar-refractivity contribution >= 4 is 30.7 Å². The van der Waals surface area contributed by atoms with Gasteiger partial charge in [0.1, 0.15) is 0 Å². The largest absolute Gasteiger partial charge is 0.355 e. The molecule has 6 nitrogen and oxygen atoms in total. The molecule has 2 N–H and O–H groups in total. The molecule has 2 aromatic rings. The molecule has 1 saturated heterocycles. The topological polar surface area (TPSA) is 85.2 Å². The first-order chi connectivity index (χ1) is 10.7. The van der Waals surface area contributed by atoms with E-state index in [-0.39, 0.29) is 36.8 Å². The number of hydrogen-bond acceptors (Lipinski definition) is 5. The van der Waals surface area contributed by atoms with Crippen molar-refractivity contribution in [2.45, 2.75) is 25.8 Å². The summed E-state index contributed by atoms with van der Waals surface area (Å²) in [7, 11) is 0. The van der Waals surface area contributed by atoms with Crippen molar-refractivity contribution in [3.63, 3.8) is 0 Å². The van der Waals surface area contributed by atoms with Crippen LogP contribution in [-0.4, -0.2) is 40.1 Å². The van der Waals surface area contributed by atoms with Crippen LogP contribution in [0.1, 0.15) is 30.3 Å². The van der Waals surface area contributed by atoms with Gasteiger partial charge < -0.3 is 15.2 Å². The molecular weight excluding hydrogens is 351 g/mol. The van der Waals surface area contributed by atoms with Crippen molar-refractivity contribution in [2.75, 3.05) is 13.1 Å². The predicted molar refractivity (Wildman–Crippen MR) is 96.5 cm³/mol. The molecule has 1 fully saturated rings. The summed E-state index contributed by atoms with van der Waals surface area (Å²) in [4.78, 5) is 18.4. The Morgan fingerprint density at radius 3 is 2.75 bits per heavy atom. The quantitative estimate of drug-likeness (QED) is 0.894. The van der Waals surface area contributed by atoms with E-state index in [2.05, 4.69) is 17.1 Å². The Bertz CT molecular complexity index is 651. The van der Waals surface area contributed by atoms with Crippen molar-refractivity contribution in [3.05, 3.63) is 36.3 Å². The zero-order valence-corrected chi connectivity index (χ0v) is 15.1. The average molecular weight is 373 g/mol. The lowest BCUT2D eigenvalue weighted by Crippen LogP contribution is -2.49. The molecule has 0 radical (unpaired) electrons. The predicted octanol–water partition coefficient (Wildman–Crippen LogP) is 2.78. The van der Waals surface area contributed by atoms with E-state index in [1.165, 1.54) is 0 Å². The van der Waals surface area contributed by atoms with E-state index in [0.29, 0.717) is 23.9 Å². The summed E-state index contributed by atoms with van der Waals surface area (Å²) >= 11 is 0. The SMILES string of the molecule is CC1CCN(C(=O)c2cc(-c3ccncc3)on2)C(CN)C1.Cl.Cl. The van der Waals surface area contributed by atoms with Gasteiger partial charge in [0.2, 0.25) is 0 Å². The van der Waals surface area contributed by atoms with E-state index < -0.39 is 0 Å². The molecule has 0 saturated carbocycles. The third-order valence-electron chi connectivity index (χ3n) is 4.21. The first-order valence-corrected chi connectivity index (χ1v) is 7.57. The monoisotopic (exact) mass is 372 g/mol. The summed E-state index contributed by atoms with van der Waals surface area (Å²) in [5.74, 6) is 1.06. The van der Waals surface area contributed by atoms with Crippen molar-refractivity contribution in [1.29, 1.82) is 0 Å². The Kier molecular flexibility index (Phi) is 7.66. The lowest BCUT2D eigenvalue weighted by Gasteiger charge is -2.37. The van der Waals surface area contributed by atoms with Gasteiger partial charge in [0.05, 0.1) is 0 Å². The molecule has 3 rings (SSSR count). The lowest BCUT2D eigenvalue weighted by atomic mass is 9.92. The molecule has 1 aliphatic heterocycles. The van der Waals surface area contributed by atoms with Crippen LogP contribution in [-0.2, 0) is 0 Å². The Balaban J connectivity index is 0.00000144. The number of amides is 1. The van der Waals surface area contributed by atoms with Crippen LogP contribution < -0.4 is 5.73 Å². The number of rotatable bonds is 3. The molecule has 8 heteroatoms. The van der Waals surface area contributed by atoms with Gasteiger partial charge in [0, 0.05) is 43.2 Å². The van der Waals surface area contributed by atoms with Crippen LogP contribution in [0.4, 0.5) is 0 Å². The molecule has 1 aliphatic rings. The van der Waals surface area contributed by atoms with Crippen LogP contribution in [0.3, 0.4) is 0 Å². The highest BCUT2D eigenvalue weighted by molar-refractivity contribution is 5.93. The number of piperidine rings is 1. The van der Waals surface area contributed by atoms with Crippen LogP contribution >= 0.6 is 24.8 Å². The van der Waals surface area contributed by atoms with Crippen molar-refractivity contribution in [1.82, 2.24) is 15.0 Å². The van der Waals surface area contributed by atoms with Gasteiger partial charge in [-0.15, -0.1) is 24.8 Å². The summed E-state index contributed by atoms with van der Waals surface area (Å²) in [6.45, 7) is 3.40. The average Bonchev–Trinajstić information content (AvgIpc) is 3.05. The Morgan fingerprint density at radius 2 is 2.08 bits per heavy atom. The molecule has 2 unspecified atom stereocenters. The maximum atomic E-state index is 12.7. The van der Waals surface area contributed by atoms with Crippen LogP contribution in [0.25, 0.3) is 11.3 Å². The third-order valence-corrected chi connectivity index (χ3v) is 4.21. The molecular formula is C16H22Cl2N4O2. The van der Waals surface area contributed by atoms with Crippen LogP contribution in [0.2, 0.25) is 0 Å². The van der Waals surface area contributed by atoms with Crippen LogP contribution in [0, 0.1) is 5.92 Å². The Hall–Kier alpha value is -1.63. The van der Waals surface area contributed by atoms with Gasteiger partial charge in [-0.2, -0.15) is 0 Å². The van der Waals surface area contributed by atoms with Crippen molar-refractivity contribution in [3.8, 4) is 11.3 Å². The summed E-state index contributed by atoms with van der Waals surface area (Å²) < 4.78 is 5.30. The smallest absolute Gasteiger partial charge is 0.276 e. The molecule has 0 aliphatic carbocycles. The number of nitrogens with two attached hydrogens (primary N) is 1. The summed E-state index contributed by atoms with van der Waals surface area (Å²) in [5.41, 5.74) is 7.01. The number of nitrogens with zero attached hydrogens (tertiary/aromatic N) is 3. The lowest BCUT2D eigenvalue weighted by molar-refractivity contribution is 0.0563. The standard InChI is InChI=1S/C16H20N4O2.2ClH/c1-11-4-7-20(13(8-11)10-17)16(21)14-9-15(22-19-14)12-2-5-18-6-3-12;;/h2-3,5-6,9,11,13H,4,7-8,10,17H2,1H3;2*1H. The number of pyridine rings is 1. The second-order valence-corrected chi connectivity index (χ2v) is 5.83. The first kappa shape index (κ1) is 20.4. The van der Waals surface area contributed by atoms with Gasteiger partial charge in [0.15, 0.2) is 11.5 Å². The van der Waals surface area contributed by atoms with E-state index in [4.69, 9.17) is 10.3 Å². The summed E-state index contributed by atoms with van der Waals surface area (Å²) in [6.07, 6.45) is 5.29. The van der Waals surface area contributed by atoms with E-state index in [1.54, 1.807) is 18.5 Å². The maximum Gasteiger partial charge on any atom is 0.276 e. The minimum atomic E-state index is -0.105. The van der Waals surface area contributed by atoms with E-state index in [1.807, 2.05) is 17.0 Å². The molecule has 0 spiro atoms. The van der Waals surface area contributed by atoms with Crippen LogP contribution in [0.15, 0.2) is 35.1 Å². The van der Waals surface area contributed by atoms with Gasteiger partial charge in [0.25, 0.3) is 5.91 Å². The molecule has 24 heavy (non-hydrogen) atoms. The normalized spacial score (nSPS) is 20.0. The second-order valence-electron chi connectivity index (χ2n) is 5.83. The van der Waals surface area contributed by atoms with Gasteiger partial charge in [-0.25, -0.2) is 0 Å². The molecule has 0 aromatic carbocycles. The Labute approximate surface area is 153 Å². The van der Waals surface area contributed by atoms with E-state index in [9.17, 15) is 4.79 Å². The van der Waals surface area contributed by atoms with Crippen LogP contribution in [0.5, 0.6) is 0 Å². The fraction of sp³-hybridized carbons (Fsp3) is 0.438. The number of likely N-dealkylation sites (tertiary alicyclic amines) is 1. The first-order valence-electron chi connectivity index (χ1n) is 7.57. The Morgan fingerprint density at radius 1 is 1.38 bits per heavy atom. The number of hydrogen-bond donors (Lipinski definition) is 1. The van der Waals surface area contributed by atoms with Crippen molar-refractivity contribution < 1.29 is 9.32 Å². The fourth-order valence-electron chi connectivity index (χ4n) is 2.92. The fourth-order valence-corrected chi connectivity index (χ4v) is 2.92. The number of aromatic nitrogens is 2. The minimum absolute atomic E-state index is 0. The highest BCUT2D eigenvalue weighted by Gasteiger charge is 2.31. The minimum Gasteiger partial charge on any atom is -0.355 e. The van der Waals surface area contributed by atoms with Gasteiger partial charge >= 0.3 is 0 Å². The molecule has 1 amide bonds. The molecule has 2 aromatic heterocycles. The zero-order valence-electron chi connectivity index (χ0n) is 13.4. The van der Waals surface area contributed by atoms with Gasteiger partial charge in [-0.1, -0.05) is 12.1 Å². The molecule has 0 bridgehead atoms. The van der Waals surface area contributed by atoms with Gasteiger partial charge in [-0.05, 0) is 30.9 Å². The molecule has 132 valence electrons. The van der Waals surface area contributed by atoms with E-state index in [0.717, 1.165) is 24.9 Å². The third kappa shape index (κ3) is 4.26. The summed E-state index contributed by atoms with van der Waals surface area (Å²) in [6, 6.07) is 5.40. The number of halogens is 2. The van der Waals surface area contributed by atoms with Gasteiger partial charge in [-0.3, -0.25) is 9.78 Å². The maximum absolute atomic E-state index is 12.7.